The first-order valence-corrected chi connectivity index (χ1v) is 7.98. The van der Waals surface area contributed by atoms with Gasteiger partial charge in [0, 0.05) is 23.3 Å². The Kier molecular flexibility index (Phi) is 4.93. The van der Waals surface area contributed by atoms with Crippen molar-refractivity contribution >= 4 is 28.3 Å². The lowest BCUT2D eigenvalue weighted by atomic mass is 10.2. The summed E-state index contributed by atoms with van der Waals surface area (Å²) in [6, 6.07) is 12.8. The van der Waals surface area contributed by atoms with Gasteiger partial charge in [-0.1, -0.05) is 30.3 Å². The number of rotatable bonds is 5. The molecular weight excluding hydrogens is 326 g/mol. The summed E-state index contributed by atoms with van der Waals surface area (Å²) in [7, 11) is 0. The van der Waals surface area contributed by atoms with E-state index in [2.05, 4.69) is 15.3 Å². The Hall–Kier alpha value is -3.06. The van der Waals surface area contributed by atoms with Crippen molar-refractivity contribution < 1.29 is 14.3 Å². The summed E-state index contributed by atoms with van der Waals surface area (Å²) in [4.78, 5) is 31.8. The molecule has 0 aliphatic heterocycles. The van der Waals surface area contributed by atoms with E-state index >= 15 is 0 Å². The third-order valence-electron chi connectivity index (χ3n) is 3.05. The molecule has 1 amide bonds. The number of carbonyl (C=O) groups is 2. The van der Waals surface area contributed by atoms with Crippen LogP contribution in [0.25, 0.3) is 11.3 Å². The number of nitrogens with zero attached hydrogens (tertiary/aromatic N) is 2. The van der Waals surface area contributed by atoms with Crippen LogP contribution in [0.2, 0.25) is 0 Å². The fourth-order valence-electron chi connectivity index (χ4n) is 1.93. The molecule has 0 radical (unpaired) electrons. The number of thiazole rings is 1. The number of amides is 1. The van der Waals surface area contributed by atoms with Crippen LogP contribution in [-0.2, 0) is 9.53 Å². The highest BCUT2D eigenvalue weighted by Crippen LogP contribution is 2.24. The molecule has 0 bridgehead atoms. The van der Waals surface area contributed by atoms with E-state index in [0.717, 1.165) is 11.3 Å². The summed E-state index contributed by atoms with van der Waals surface area (Å²) in [5, 5.41) is 4.92. The van der Waals surface area contributed by atoms with Gasteiger partial charge in [-0.25, -0.2) is 9.78 Å². The Bertz CT molecular complexity index is 835. The van der Waals surface area contributed by atoms with Crippen molar-refractivity contribution in [2.75, 3.05) is 11.9 Å². The van der Waals surface area contributed by atoms with E-state index in [1.807, 2.05) is 35.7 Å². The summed E-state index contributed by atoms with van der Waals surface area (Å²) < 4.78 is 4.94. The second kappa shape index (κ2) is 7.47. The van der Waals surface area contributed by atoms with Crippen molar-refractivity contribution in [1.82, 2.24) is 9.97 Å². The lowest BCUT2D eigenvalue weighted by Crippen LogP contribution is -2.20. The topological polar surface area (TPSA) is 81.2 Å². The van der Waals surface area contributed by atoms with Crippen LogP contribution in [0, 0.1) is 0 Å². The monoisotopic (exact) mass is 339 g/mol. The van der Waals surface area contributed by atoms with Gasteiger partial charge in [-0.05, 0) is 12.1 Å². The van der Waals surface area contributed by atoms with Crippen molar-refractivity contribution in [3.63, 3.8) is 0 Å². The van der Waals surface area contributed by atoms with Gasteiger partial charge in [0.05, 0.1) is 11.3 Å². The molecule has 0 saturated heterocycles. The maximum Gasteiger partial charge on any atom is 0.340 e. The Morgan fingerprint density at radius 1 is 1.12 bits per heavy atom. The van der Waals surface area contributed by atoms with Crippen molar-refractivity contribution in [2.45, 2.75) is 0 Å². The van der Waals surface area contributed by atoms with E-state index < -0.39 is 11.9 Å². The highest BCUT2D eigenvalue weighted by molar-refractivity contribution is 7.14. The summed E-state index contributed by atoms with van der Waals surface area (Å²) in [6.07, 6.45) is 2.93. The molecule has 0 saturated carbocycles. The maximum absolute atomic E-state index is 11.9. The number of aromatic nitrogens is 2. The number of nitrogens with one attached hydrogen (secondary N) is 1. The lowest BCUT2D eigenvalue weighted by molar-refractivity contribution is -0.119. The minimum Gasteiger partial charge on any atom is -0.452 e. The van der Waals surface area contributed by atoms with Crippen LogP contribution in [0.4, 0.5) is 5.13 Å². The Morgan fingerprint density at radius 2 is 1.96 bits per heavy atom. The van der Waals surface area contributed by atoms with Crippen LogP contribution < -0.4 is 5.32 Å². The molecule has 2 aromatic heterocycles. The van der Waals surface area contributed by atoms with E-state index in [4.69, 9.17) is 4.74 Å². The van der Waals surface area contributed by atoms with Crippen LogP contribution in [0.15, 0.2) is 60.2 Å². The average Bonchev–Trinajstić information content (AvgIpc) is 3.09. The largest absolute Gasteiger partial charge is 0.452 e. The predicted molar refractivity (Wildman–Crippen MR) is 90.7 cm³/mol. The number of pyridine rings is 1. The van der Waals surface area contributed by atoms with Crippen LogP contribution >= 0.6 is 11.3 Å². The van der Waals surface area contributed by atoms with E-state index in [9.17, 15) is 9.59 Å². The number of hydrogen-bond acceptors (Lipinski definition) is 6. The van der Waals surface area contributed by atoms with Gasteiger partial charge in [0.1, 0.15) is 0 Å². The molecule has 120 valence electrons. The second-order valence-corrected chi connectivity index (χ2v) is 5.63. The molecular formula is C17H13N3O3S. The second-order valence-electron chi connectivity index (χ2n) is 4.77. The van der Waals surface area contributed by atoms with Gasteiger partial charge in [0.2, 0.25) is 0 Å². The summed E-state index contributed by atoms with van der Waals surface area (Å²) in [6.45, 7) is -0.381. The van der Waals surface area contributed by atoms with Gasteiger partial charge in [-0.15, -0.1) is 11.3 Å². The Labute approximate surface area is 142 Å². The molecule has 7 heteroatoms. The molecule has 6 nitrogen and oxygen atoms in total. The first-order chi connectivity index (χ1) is 11.7. The van der Waals surface area contributed by atoms with Crippen molar-refractivity contribution in [1.29, 1.82) is 0 Å². The van der Waals surface area contributed by atoms with Gasteiger partial charge >= 0.3 is 5.97 Å². The highest BCUT2D eigenvalue weighted by Gasteiger charge is 2.12. The van der Waals surface area contributed by atoms with Crippen LogP contribution in [0.1, 0.15) is 10.4 Å². The summed E-state index contributed by atoms with van der Waals surface area (Å²) in [5.74, 6) is -1.04. The van der Waals surface area contributed by atoms with Crippen molar-refractivity contribution in [3.8, 4) is 11.3 Å². The number of ether oxygens (including phenoxy) is 1. The average molecular weight is 339 g/mol. The maximum atomic E-state index is 11.9. The van der Waals surface area contributed by atoms with E-state index in [-0.39, 0.29) is 6.61 Å². The van der Waals surface area contributed by atoms with Crippen LogP contribution in [-0.4, -0.2) is 28.5 Å². The third-order valence-corrected chi connectivity index (χ3v) is 3.81. The van der Waals surface area contributed by atoms with Crippen LogP contribution in [0.5, 0.6) is 0 Å². The fourth-order valence-corrected chi connectivity index (χ4v) is 2.66. The number of anilines is 1. The van der Waals surface area contributed by atoms with Gasteiger partial charge < -0.3 is 4.74 Å². The molecule has 1 N–H and O–H groups in total. The summed E-state index contributed by atoms with van der Waals surface area (Å²) >= 11 is 1.31. The zero-order valence-corrected chi connectivity index (χ0v) is 13.3. The fraction of sp³-hybridized carbons (Fsp3) is 0.0588. The van der Waals surface area contributed by atoms with Crippen molar-refractivity contribution in [3.05, 3.63) is 65.8 Å². The van der Waals surface area contributed by atoms with Gasteiger partial charge in [-0.2, -0.15) is 0 Å². The number of esters is 1. The van der Waals surface area contributed by atoms with Crippen molar-refractivity contribution in [2.24, 2.45) is 0 Å². The number of carbonyl (C=O) groups excluding carboxylic acids is 2. The van der Waals surface area contributed by atoms with E-state index in [1.165, 1.54) is 17.5 Å². The molecule has 0 atom stereocenters. The molecule has 3 aromatic rings. The van der Waals surface area contributed by atoms with Gasteiger partial charge in [-0.3, -0.25) is 15.1 Å². The van der Waals surface area contributed by atoms with Gasteiger partial charge in [0.25, 0.3) is 5.91 Å². The molecule has 0 aliphatic rings. The van der Waals surface area contributed by atoms with E-state index in [1.54, 1.807) is 18.3 Å². The van der Waals surface area contributed by atoms with Crippen LogP contribution in [0.3, 0.4) is 0 Å². The standard InChI is InChI=1S/C17H13N3O3S/c21-15(10-23-16(22)13-7-4-8-18-9-13)20-17-19-14(11-24-17)12-5-2-1-3-6-12/h1-9,11H,10H2,(H,19,20,21). The highest BCUT2D eigenvalue weighted by atomic mass is 32.1. The molecule has 1 aromatic carbocycles. The van der Waals surface area contributed by atoms with Gasteiger partial charge in [0.15, 0.2) is 11.7 Å². The minimum absolute atomic E-state index is 0.297. The Balaban J connectivity index is 1.54. The molecule has 0 fully saturated rings. The summed E-state index contributed by atoms with van der Waals surface area (Å²) in [5.41, 5.74) is 2.05. The zero-order valence-electron chi connectivity index (χ0n) is 12.5. The molecule has 0 spiro atoms. The number of benzene rings is 1. The smallest absolute Gasteiger partial charge is 0.340 e. The Morgan fingerprint density at radius 3 is 2.71 bits per heavy atom. The molecule has 3 rings (SSSR count). The molecule has 0 aliphatic carbocycles. The minimum atomic E-state index is -0.595. The molecule has 24 heavy (non-hydrogen) atoms. The first kappa shape index (κ1) is 15.8. The third kappa shape index (κ3) is 4.02. The lowest BCUT2D eigenvalue weighted by Gasteiger charge is -2.04. The van der Waals surface area contributed by atoms with E-state index in [0.29, 0.717) is 10.7 Å². The SMILES string of the molecule is O=C(COC(=O)c1cccnc1)Nc1nc(-c2ccccc2)cs1. The number of hydrogen-bond donors (Lipinski definition) is 1. The quantitative estimate of drug-likeness (QED) is 0.723. The molecule has 0 unspecified atom stereocenters. The first-order valence-electron chi connectivity index (χ1n) is 7.10. The predicted octanol–water partition coefficient (Wildman–Crippen LogP) is 3.00. The molecule has 2 heterocycles. The normalized spacial score (nSPS) is 10.2. The zero-order chi connectivity index (χ0) is 16.8.